The molecule has 0 spiro atoms. The number of unbranched alkanes of at least 4 members (excludes halogenated alkanes) is 1. The number of ether oxygens (including phenoxy) is 1. The highest BCUT2D eigenvalue weighted by Gasteiger charge is 2.17. The number of nitrogens with zero attached hydrogens (tertiary/aromatic N) is 1. The van der Waals surface area contributed by atoms with Crippen molar-refractivity contribution in [3.63, 3.8) is 0 Å². The molecule has 3 rings (SSSR count). The Bertz CT molecular complexity index is 761. The molecule has 0 radical (unpaired) electrons. The summed E-state index contributed by atoms with van der Waals surface area (Å²) in [5.74, 6) is 0.789. The van der Waals surface area contributed by atoms with E-state index in [0.29, 0.717) is 0 Å². The fourth-order valence-electron chi connectivity index (χ4n) is 2.79. The first-order valence-corrected chi connectivity index (χ1v) is 8.10. The van der Waals surface area contributed by atoms with E-state index in [1.54, 1.807) is 7.11 Å². The van der Waals surface area contributed by atoms with Gasteiger partial charge in [-0.25, -0.2) is 4.99 Å². The molecule has 2 aromatic heterocycles. The number of hydrogen-bond donors (Lipinski definition) is 2. The van der Waals surface area contributed by atoms with Crippen LogP contribution in [0, 0.1) is 6.92 Å². The zero-order valence-corrected chi connectivity index (χ0v) is 13.9. The minimum Gasteiger partial charge on any atom is -0.494 e. The van der Waals surface area contributed by atoms with E-state index >= 15 is 0 Å². The van der Waals surface area contributed by atoms with Gasteiger partial charge in [0.2, 0.25) is 0 Å². The van der Waals surface area contributed by atoms with Crippen LogP contribution < -0.4 is 0 Å². The number of aryl methyl sites for hydroxylation is 2. The van der Waals surface area contributed by atoms with Gasteiger partial charge in [-0.15, -0.1) is 0 Å². The fourth-order valence-corrected chi connectivity index (χ4v) is 2.79. The maximum Gasteiger partial charge on any atom is 0.146 e. The third-order valence-corrected chi connectivity index (χ3v) is 4.09. The van der Waals surface area contributed by atoms with E-state index in [2.05, 4.69) is 34.9 Å². The average molecular weight is 309 g/mol. The van der Waals surface area contributed by atoms with Crippen LogP contribution in [-0.2, 0) is 11.2 Å². The largest absolute Gasteiger partial charge is 0.494 e. The summed E-state index contributed by atoms with van der Waals surface area (Å²) in [6, 6.07) is 6.19. The summed E-state index contributed by atoms with van der Waals surface area (Å²) in [5, 5.41) is 0. The van der Waals surface area contributed by atoms with Crippen LogP contribution >= 0.6 is 0 Å². The third kappa shape index (κ3) is 3.31. The molecule has 0 atom stereocenters. The first kappa shape index (κ1) is 15.4. The zero-order chi connectivity index (χ0) is 16.2. The number of aromatic amines is 2. The van der Waals surface area contributed by atoms with Crippen LogP contribution in [0.5, 0.6) is 0 Å². The molecular formula is C19H23N3O. The number of hydrogen-bond acceptors (Lipinski definition) is 2. The Hall–Kier alpha value is -2.49. The Balaban J connectivity index is 1.88. The van der Waals surface area contributed by atoms with Gasteiger partial charge in [-0.3, -0.25) is 0 Å². The number of aliphatic imine (C=N–C) groups is 1. The van der Waals surface area contributed by atoms with Gasteiger partial charge in [0.05, 0.1) is 18.5 Å². The van der Waals surface area contributed by atoms with Crippen LogP contribution in [-0.4, -0.2) is 22.8 Å². The van der Waals surface area contributed by atoms with Crippen molar-refractivity contribution in [1.82, 2.24) is 9.97 Å². The molecule has 4 heteroatoms. The van der Waals surface area contributed by atoms with Gasteiger partial charge < -0.3 is 14.7 Å². The van der Waals surface area contributed by atoms with Crippen molar-refractivity contribution in [3.05, 3.63) is 64.6 Å². The van der Waals surface area contributed by atoms with Crippen molar-refractivity contribution < 1.29 is 4.74 Å². The number of H-pyrrole nitrogens is 2. The van der Waals surface area contributed by atoms with Crippen LogP contribution in [0.15, 0.2) is 46.9 Å². The summed E-state index contributed by atoms with van der Waals surface area (Å²) < 4.78 is 5.48. The molecule has 3 heterocycles. The number of aromatic nitrogens is 2. The van der Waals surface area contributed by atoms with Crippen LogP contribution in [0.4, 0.5) is 0 Å². The summed E-state index contributed by atoms with van der Waals surface area (Å²) >= 11 is 0. The highest BCUT2D eigenvalue weighted by molar-refractivity contribution is 6.11. The molecule has 120 valence electrons. The minimum absolute atomic E-state index is 0.789. The molecule has 0 aliphatic carbocycles. The standard InChI is InChI=1S/C19H23N3O/c1-4-5-7-14-10-15(21-13(14)2)11-18-19(23-3)12-17(22-18)16-8-6-9-20-16/h6,8-12,20-21H,4-5,7H2,1-3H3. The van der Waals surface area contributed by atoms with E-state index in [4.69, 9.17) is 4.74 Å². The van der Waals surface area contributed by atoms with E-state index < -0.39 is 0 Å². The Labute approximate surface area is 137 Å². The second-order valence-electron chi connectivity index (χ2n) is 5.80. The lowest BCUT2D eigenvalue weighted by Crippen LogP contribution is -1.93. The van der Waals surface area contributed by atoms with E-state index in [1.807, 2.05) is 30.5 Å². The Kier molecular flexibility index (Phi) is 4.51. The van der Waals surface area contributed by atoms with Gasteiger partial charge in [-0.1, -0.05) is 13.3 Å². The summed E-state index contributed by atoms with van der Waals surface area (Å²) in [7, 11) is 1.68. The van der Waals surface area contributed by atoms with Gasteiger partial charge in [0.25, 0.3) is 0 Å². The van der Waals surface area contributed by atoms with Crippen LogP contribution in [0.1, 0.15) is 42.4 Å². The predicted octanol–water partition coefficient (Wildman–Crippen LogP) is 4.37. The van der Waals surface area contributed by atoms with E-state index in [9.17, 15) is 0 Å². The maximum atomic E-state index is 5.48. The molecular weight excluding hydrogens is 286 g/mol. The molecule has 1 aliphatic rings. The quantitative estimate of drug-likeness (QED) is 0.818. The van der Waals surface area contributed by atoms with Crippen molar-refractivity contribution in [2.24, 2.45) is 4.99 Å². The molecule has 0 unspecified atom stereocenters. The Morgan fingerprint density at radius 3 is 2.91 bits per heavy atom. The molecule has 0 amide bonds. The Morgan fingerprint density at radius 2 is 2.22 bits per heavy atom. The van der Waals surface area contributed by atoms with Gasteiger partial charge in [-0.05, 0) is 49.6 Å². The lowest BCUT2D eigenvalue weighted by Gasteiger charge is -2.00. The second-order valence-corrected chi connectivity index (χ2v) is 5.80. The van der Waals surface area contributed by atoms with Crippen molar-refractivity contribution in [2.45, 2.75) is 33.1 Å². The summed E-state index contributed by atoms with van der Waals surface area (Å²) in [4.78, 5) is 11.3. The molecule has 23 heavy (non-hydrogen) atoms. The lowest BCUT2D eigenvalue weighted by atomic mass is 10.1. The Morgan fingerprint density at radius 1 is 1.35 bits per heavy atom. The minimum atomic E-state index is 0.789. The number of methoxy groups -OCH3 is 1. The summed E-state index contributed by atoms with van der Waals surface area (Å²) in [6.45, 7) is 4.35. The van der Waals surface area contributed by atoms with E-state index in [1.165, 1.54) is 24.1 Å². The first-order chi connectivity index (χ1) is 11.2. The topological polar surface area (TPSA) is 53.2 Å². The highest BCUT2D eigenvalue weighted by atomic mass is 16.5. The average Bonchev–Trinajstić information content (AvgIpc) is 3.25. The molecule has 2 aromatic rings. The summed E-state index contributed by atoms with van der Waals surface area (Å²) in [5.41, 5.74) is 6.43. The lowest BCUT2D eigenvalue weighted by molar-refractivity contribution is 0.303. The van der Waals surface area contributed by atoms with Gasteiger partial charge in [-0.2, -0.15) is 0 Å². The summed E-state index contributed by atoms with van der Waals surface area (Å²) in [6.07, 6.45) is 9.45. The molecule has 4 nitrogen and oxygen atoms in total. The highest BCUT2D eigenvalue weighted by Crippen LogP contribution is 2.25. The molecule has 0 bridgehead atoms. The van der Waals surface area contributed by atoms with Gasteiger partial charge >= 0.3 is 0 Å². The van der Waals surface area contributed by atoms with Gasteiger partial charge in [0.15, 0.2) is 0 Å². The van der Waals surface area contributed by atoms with Crippen LogP contribution in [0.25, 0.3) is 6.08 Å². The first-order valence-electron chi connectivity index (χ1n) is 8.10. The normalized spacial score (nSPS) is 15.9. The second kappa shape index (κ2) is 6.73. The van der Waals surface area contributed by atoms with Gasteiger partial charge in [0, 0.05) is 23.7 Å². The van der Waals surface area contributed by atoms with Crippen LogP contribution in [0.3, 0.4) is 0 Å². The van der Waals surface area contributed by atoms with Crippen molar-refractivity contribution in [3.8, 4) is 0 Å². The molecule has 0 fully saturated rings. The van der Waals surface area contributed by atoms with Gasteiger partial charge in [0.1, 0.15) is 11.5 Å². The molecule has 0 aromatic carbocycles. The van der Waals surface area contributed by atoms with E-state index in [0.717, 1.165) is 35.0 Å². The molecule has 2 N–H and O–H groups in total. The van der Waals surface area contributed by atoms with Crippen molar-refractivity contribution in [2.75, 3.05) is 7.11 Å². The molecule has 1 aliphatic heterocycles. The molecule has 0 saturated carbocycles. The van der Waals surface area contributed by atoms with Crippen molar-refractivity contribution in [1.29, 1.82) is 0 Å². The predicted molar refractivity (Wildman–Crippen MR) is 94.5 cm³/mol. The maximum absolute atomic E-state index is 5.48. The monoisotopic (exact) mass is 309 g/mol. The smallest absolute Gasteiger partial charge is 0.146 e. The van der Waals surface area contributed by atoms with E-state index in [-0.39, 0.29) is 0 Å². The number of nitrogens with one attached hydrogen (secondary N) is 2. The molecule has 0 saturated heterocycles. The SMILES string of the molecule is CCCCc1cc(C=C2N=C(c3ccc[nH]3)C=C2OC)[nH]c1C. The van der Waals surface area contributed by atoms with Crippen LogP contribution in [0.2, 0.25) is 0 Å². The fraction of sp³-hybridized carbons (Fsp3) is 0.316. The number of rotatable bonds is 6. The third-order valence-electron chi connectivity index (χ3n) is 4.09. The van der Waals surface area contributed by atoms with Crippen molar-refractivity contribution >= 4 is 11.8 Å². The number of allylic oxidation sites excluding steroid dienone is 1. The zero-order valence-electron chi connectivity index (χ0n) is 13.9.